The Morgan fingerprint density at radius 3 is 2.50 bits per heavy atom. The first-order valence-electron chi connectivity index (χ1n) is 7.11. The average molecular weight is 409 g/mol. The maximum Gasteiger partial charge on any atom is 0.331 e. The van der Waals surface area contributed by atoms with Gasteiger partial charge in [-0.05, 0) is 58.4 Å². The fraction of sp³-hybridized carbons (Fsp3) is 0.176. The van der Waals surface area contributed by atoms with Gasteiger partial charge in [0.2, 0.25) is 0 Å². The molecule has 7 heteroatoms. The number of ether oxygens (including phenoxy) is 1. The van der Waals surface area contributed by atoms with E-state index in [0.29, 0.717) is 5.69 Å². The number of amides is 1. The standard InChI is InChI=1S/C17H17BrN2O3S/c1-20(2)13-5-3-12(4-6-13)19-16(21)11-23-17(22)10-8-14-7-9-15(18)24-14/h3-10H,11H2,1-2H3,(H,19,21)/b10-8+. The van der Waals surface area contributed by atoms with Crippen molar-refractivity contribution in [3.05, 3.63) is 51.1 Å². The summed E-state index contributed by atoms with van der Waals surface area (Å²) in [6.45, 7) is -0.327. The minimum absolute atomic E-state index is 0.327. The van der Waals surface area contributed by atoms with Crippen LogP contribution in [-0.4, -0.2) is 32.6 Å². The number of benzene rings is 1. The van der Waals surface area contributed by atoms with E-state index < -0.39 is 5.97 Å². The lowest BCUT2D eigenvalue weighted by Crippen LogP contribution is -2.20. The van der Waals surface area contributed by atoms with Crippen LogP contribution in [-0.2, 0) is 14.3 Å². The Balaban J connectivity index is 1.78. The van der Waals surface area contributed by atoms with Crippen LogP contribution in [0.25, 0.3) is 6.08 Å². The van der Waals surface area contributed by atoms with Gasteiger partial charge in [-0.15, -0.1) is 11.3 Å². The molecule has 1 N–H and O–H groups in total. The van der Waals surface area contributed by atoms with E-state index >= 15 is 0 Å². The Kier molecular flexibility index (Phi) is 6.57. The molecule has 1 heterocycles. The lowest BCUT2D eigenvalue weighted by molar-refractivity contribution is -0.142. The second-order valence-electron chi connectivity index (χ2n) is 5.07. The molecule has 0 fully saturated rings. The topological polar surface area (TPSA) is 58.6 Å². The highest BCUT2D eigenvalue weighted by molar-refractivity contribution is 9.11. The van der Waals surface area contributed by atoms with Gasteiger partial charge in [0.1, 0.15) is 0 Å². The fourth-order valence-electron chi connectivity index (χ4n) is 1.79. The zero-order valence-corrected chi connectivity index (χ0v) is 15.7. The highest BCUT2D eigenvalue weighted by atomic mass is 79.9. The Hall–Kier alpha value is -2.12. The van der Waals surface area contributed by atoms with Crippen molar-refractivity contribution in [3.63, 3.8) is 0 Å². The van der Waals surface area contributed by atoms with Crippen molar-refractivity contribution in [1.82, 2.24) is 0 Å². The van der Waals surface area contributed by atoms with E-state index in [-0.39, 0.29) is 12.5 Å². The number of rotatable bonds is 6. The van der Waals surface area contributed by atoms with E-state index in [0.717, 1.165) is 14.4 Å². The van der Waals surface area contributed by atoms with Crippen molar-refractivity contribution in [2.45, 2.75) is 0 Å². The lowest BCUT2D eigenvalue weighted by Gasteiger charge is -2.13. The zero-order valence-electron chi connectivity index (χ0n) is 13.3. The van der Waals surface area contributed by atoms with Crippen LogP contribution in [0.5, 0.6) is 0 Å². The number of nitrogens with one attached hydrogen (secondary N) is 1. The van der Waals surface area contributed by atoms with E-state index in [1.807, 2.05) is 43.3 Å². The van der Waals surface area contributed by atoms with Crippen molar-refractivity contribution in [2.75, 3.05) is 30.9 Å². The number of esters is 1. The predicted octanol–water partition coefficient (Wildman–Crippen LogP) is 3.77. The molecule has 0 spiro atoms. The van der Waals surface area contributed by atoms with Gasteiger partial charge in [-0.1, -0.05) is 0 Å². The third-order valence-electron chi connectivity index (χ3n) is 2.99. The van der Waals surface area contributed by atoms with E-state index in [2.05, 4.69) is 21.2 Å². The highest BCUT2D eigenvalue weighted by Gasteiger charge is 2.06. The Morgan fingerprint density at radius 2 is 1.92 bits per heavy atom. The van der Waals surface area contributed by atoms with E-state index in [1.54, 1.807) is 18.2 Å². The summed E-state index contributed by atoms with van der Waals surface area (Å²) in [4.78, 5) is 26.3. The fourth-order valence-corrected chi connectivity index (χ4v) is 3.12. The molecule has 0 unspecified atom stereocenters. The van der Waals surface area contributed by atoms with Gasteiger partial charge >= 0.3 is 5.97 Å². The predicted molar refractivity (Wildman–Crippen MR) is 101 cm³/mol. The maximum absolute atomic E-state index is 11.8. The van der Waals surface area contributed by atoms with Gasteiger partial charge in [0.05, 0.1) is 3.79 Å². The third-order valence-corrected chi connectivity index (χ3v) is 4.58. The van der Waals surface area contributed by atoms with Gasteiger partial charge in [-0.25, -0.2) is 4.79 Å². The van der Waals surface area contributed by atoms with Crippen LogP contribution in [0.2, 0.25) is 0 Å². The first-order chi connectivity index (χ1) is 11.4. The molecule has 24 heavy (non-hydrogen) atoms. The number of hydrogen-bond acceptors (Lipinski definition) is 5. The quantitative estimate of drug-likeness (QED) is 0.583. The van der Waals surface area contributed by atoms with E-state index in [1.165, 1.54) is 17.4 Å². The van der Waals surface area contributed by atoms with Gasteiger partial charge in [0.15, 0.2) is 6.61 Å². The number of thiophene rings is 1. The number of carbonyl (C=O) groups is 2. The summed E-state index contributed by atoms with van der Waals surface area (Å²) in [6.07, 6.45) is 2.95. The Morgan fingerprint density at radius 1 is 1.21 bits per heavy atom. The van der Waals surface area contributed by atoms with Crippen LogP contribution < -0.4 is 10.2 Å². The van der Waals surface area contributed by atoms with Crippen LogP contribution >= 0.6 is 27.3 Å². The molecule has 0 aliphatic heterocycles. The van der Waals surface area contributed by atoms with Crippen LogP contribution in [0.3, 0.4) is 0 Å². The molecule has 0 bridgehead atoms. The SMILES string of the molecule is CN(C)c1ccc(NC(=O)COC(=O)/C=C/c2ccc(Br)s2)cc1. The van der Waals surface area contributed by atoms with Crippen molar-refractivity contribution in [2.24, 2.45) is 0 Å². The summed E-state index contributed by atoms with van der Waals surface area (Å²) in [5.74, 6) is -0.939. The Bertz CT molecular complexity index is 739. The molecular weight excluding hydrogens is 392 g/mol. The van der Waals surface area contributed by atoms with Gasteiger partial charge < -0.3 is 15.0 Å². The Labute approximate surface area is 153 Å². The monoisotopic (exact) mass is 408 g/mol. The molecule has 2 aromatic rings. The molecule has 0 saturated carbocycles. The number of halogens is 1. The summed E-state index contributed by atoms with van der Waals surface area (Å²) in [6, 6.07) is 11.1. The molecule has 0 atom stereocenters. The van der Waals surface area contributed by atoms with Crippen molar-refractivity contribution >= 4 is 56.6 Å². The summed E-state index contributed by atoms with van der Waals surface area (Å²) in [5.41, 5.74) is 1.69. The van der Waals surface area contributed by atoms with E-state index in [9.17, 15) is 9.59 Å². The number of nitrogens with zero attached hydrogens (tertiary/aromatic N) is 1. The number of anilines is 2. The lowest BCUT2D eigenvalue weighted by atomic mass is 10.2. The van der Waals surface area contributed by atoms with Crippen molar-refractivity contribution in [1.29, 1.82) is 0 Å². The maximum atomic E-state index is 11.8. The molecule has 1 amide bonds. The van der Waals surface area contributed by atoms with Gasteiger partial charge in [-0.3, -0.25) is 4.79 Å². The molecule has 5 nitrogen and oxygen atoms in total. The van der Waals surface area contributed by atoms with Crippen LogP contribution in [0.4, 0.5) is 11.4 Å². The molecule has 0 aliphatic carbocycles. The minimum atomic E-state index is -0.558. The summed E-state index contributed by atoms with van der Waals surface area (Å²) < 4.78 is 5.90. The minimum Gasteiger partial charge on any atom is -0.452 e. The third kappa shape index (κ3) is 5.82. The molecule has 0 radical (unpaired) electrons. The molecule has 0 saturated heterocycles. The van der Waals surface area contributed by atoms with Gasteiger partial charge in [0, 0.05) is 36.4 Å². The van der Waals surface area contributed by atoms with Crippen LogP contribution in [0.1, 0.15) is 4.88 Å². The molecular formula is C17H17BrN2O3S. The summed E-state index contributed by atoms with van der Waals surface area (Å²) in [5, 5.41) is 2.68. The largest absolute Gasteiger partial charge is 0.452 e. The number of hydrogen-bond donors (Lipinski definition) is 1. The second kappa shape index (κ2) is 8.65. The summed E-state index contributed by atoms with van der Waals surface area (Å²) >= 11 is 4.84. The summed E-state index contributed by atoms with van der Waals surface area (Å²) in [7, 11) is 3.88. The normalized spacial score (nSPS) is 10.6. The van der Waals surface area contributed by atoms with Gasteiger partial charge in [0.25, 0.3) is 5.91 Å². The molecule has 1 aromatic heterocycles. The first kappa shape index (κ1) is 18.2. The zero-order chi connectivity index (χ0) is 17.5. The smallest absolute Gasteiger partial charge is 0.331 e. The molecule has 0 aliphatic rings. The molecule has 2 rings (SSSR count). The van der Waals surface area contributed by atoms with Gasteiger partial charge in [-0.2, -0.15) is 0 Å². The number of carbonyl (C=O) groups excluding carboxylic acids is 2. The first-order valence-corrected chi connectivity index (χ1v) is 8.72. The molecule has 1 aromatic carbocycles. The second-order valence-corrected chi connectivity index (χ2v) is 7.57. The molecule has 126 valence electrons. The highest BCUT2D eigenvalue weighted by Crippen LogP contribution is 2.23. The van der Waals surface area contributed by atoms with Crippen LogP contribution in [0, 0.1) is 0 Å². The van der Waals surface area contributed by atoms with Crippen molar-refractivity contribution < 1.29 is 14.3 Å². The average Bonchev–Trinajstić information content (AvgIpc) is 2.97. The van der Waals surface area contributed by atoms with Crippen LogP contribution in [0.15, 0.2) is 46.3 Å². The van der Waals surface area contributed by atoms with Crippen molar-refractivity contribution in [3.8, 4) is 0 Å². The van der Waals surface area contributed by atoms with E-state index in [4.69, 9.17) is 4.74 Å².